The fourth-order valence-electron chi connectivity index (χ4n) is 2.57. The molecule has 0 aromatic carbocycles. The van der Waals surface area contributed by atoms with E-state index in [1.807, 2.05) is 19.9 Å². The van der Waals surface area contributed by atoms with Crippen molar-refractivity contribution in [1.29, 1.82) is 0 Å². The van der Waals surface area contributed by atoms with E-state index < -0.39 is 5.91 Å². The minimum Gasteiger partial charge on any atom is -0.295 e. The van der Waals surface area contributed by atoms with E-state index in [1.165, 1.54) is 0 Å². The van der Waals surface area contributed by atoms with Crippen LogP contribution in [0.2, 0.25) is 0 Å². The first-order valence-corrected chi connectivity index (χ1v) is 7.90. The van der Waals surface area contributed by atoms with Crippen molar-refractivity contribution in [3.05, 3.63) is 35.5 Å². The van der Waals surface area contributed by atoms with Crippen LogP contribution >= 0.6 is 0 Å². The lowest BCUT2D eigenvalue weighted by Crippen LogP contribution is -2.25. The second kappa shape index (κ2) is 9.39. The van der Waals surface area contributed by atoms with E-state index in [2.05, 4.69) is 39.6 Å². The van der Waals surface area contributed by atoms with Crippen LogP contribution in [-0.2, 0) is 9.59 Å². The second-order valence-corrected chi connectivity index (χ2v) is 7.08. The average Bonchev–Trinajstić information content (AvgIpc) is 2.37. The van der Waals surface area contributed by atoms with Crippen molar-refractivity contribution in [3.63, 3.8) is 0 Å². The zero-order valence-electron chi connectivity index (χ0n) is 15.0. The van der Waals surface area contributed by atoms with Crippen LogP contribution in [0.3, 0.4) is 0 Å². The van der Waals surface area contributed by atoms with Gasteiger partial charge in [-0.25, -0.2) is 0 Å². The summed E-state index contributed by atoms with van der Waals surface area (Å²) in [5, 5.41) is 2.21. The molecule has 1 N–H and O–H groups in total. The summed E-state index contributed by atoms with van der Waals surface area (Å²) in [6.07, 6.45) is 6.97. The fraction of sp³-hybridized carbons (Fsp3) is 0.579. The Morgan fingerprint density at radius 1 is 1.27 bits per heavy atom. The highest BCUT2D eigenvalue weighted by molar-refractivity contribution is 6.02. The van der Waals surface area contributed by atoms with Crippen LogP contribution in [0.15, 0.2) is 35.5 Å². The second-order valence-electron chi connectivity index (χ2n) is 7.08. The maximum absolute atomic E-state index is 12.1. The standard InChI is InChI=1S/C19H31NO2/c1-8-15(4)11-19(6,7)12-16(5)17(10-9-14(2)3)18(22)20-13-21/h9-10,13,15H,5,8,11-12H2,1-4,6-7H3,(H,20,21,22)/b17-10+/t15-/m1/s1. The van der Waals surface area contributed by atoms with Gasteiger partial charge in [-0.15, -0.1) is 0 Å². The number of imide groups is 1. The van der Waals surface area contributed by atoms with E-state index in [0.717, 1.165) is 30.4 Å². The number of carbonyl (C=O) groups excluding carboxylic acids is 2. The lowest BCUT2D eigenvalue weighted by Gasteiger charge is -2.29. The highest BCUT2D eigenvalue weighted by Gasteiger charge is 2.24. The molecule has 3 nitrogen and oxygen atoms in total. The molecule has 0 unspecified atom stereocenters. The molecule has 0 aromatic rings. The van der Waals surface area contributed by atoms with Gasteiger partial charge < -0.3 is 0 Å². The summed E-state index contributed by atoms with van der Waals surface area (Å²) in [5.74, 6) is 0.244. The first-order chi connectivity index (χ1) is 10.1. The monoisotopic (exact) mass is 305 g/mol. The minimum atomic E-state index is -0.392. The number of allylic oxidation sites excluding steroid dienone is 3. The van der Waals surface area contributed by atoms with Gasteiger partial charge in [-0.2, -0.15) is 0 Å². The zero-order valence-corrected chi connectivity index (χ0v) is 15.0. The number of carbonyl (C=O) groups is 2. The first kappa shape index (κ1) is 20.4. The van der Waals surface area contributed by atoms with Crippen LogP contribution in [0.4, 0.5) is 0 Å². The highest BCUT2D eigenvalue weighted by Crippen LogP contribution is 2.35. The Morgan fingerprint density at radius 2 is 1.86 bits per heavy atom. The number of amides is 2. The van der Waals surface area contributed by atoms with Crippen molar-refractivity contribution in [2.45, 2.75) is 60.8 Å². The Balaban J connectivity index is 5.20. The van der Waals surface area contributed by atoms with Gasteiger partial charge in [0.15, 0.2) is 0 Å². The van der Waals surface area contributed by atoms with Gasteiger partial charge in [0.25, 0.3) is 5.91 Å². The smallest absolute Gasteiger partial charge is 0.257 e. The molecule has 0 fully saturated rings. The summed E-state index contributed by atoms with van der Waals surface area (Å²) >= 11 is 0. The molecule has 0 saturated heterocycles. The molecule has 1 atom stereocenters. The Kier molecular flexibility index (Phi) is 8.69. The molecule has 0 heterocycles. The first-order valence-electron chi connectivity index (χ1n) is 7.90. The van der Waals surface area contributed by atoms with E-state index in [0.29, 0.717) is 17.9 Å². The Morgan fingerprint density at radius 3 is 2.32 bits per heavy atom. The van der Waals surface area contributed by atoms with Gasteiger partial charge in [0, 0.05) is 5.57 Å². The maximum Gasteiger partial charge on any atom is 0.257 e. The van der Waals surface area contributed by atoms with E-state index >= 15 is 0 Å². The molecule has 0 saturated carbocycles. The van der Waals surface area contributed by atoms with E-state index in [1.54, 1.807) is 6.08 Å². The molecule has 3 heteroatoms. The highest BCUT2D eigenvalue weighted by atomic mass is 16.2. The van der Waals surface area contributed by atoms with E-state index in [-0.39, 0.29) is 5.41 Å². The van der Waals surface area contributed by atoms with Crippen molar-refractivity contribution >= 4 is 12.3 Å². The number of rotatable bonds is 9. The summed E-state index contributed by atoms with van der Waals surface area (Å²) in [7, 11) is 0. The van der Waals surface area contributed by atoms with Crippen molar-refractivity contribution in [1.82, 2.24) is 5.32 Å². The third-order valence-electron chi connectivity index (χ3n) is 3.69. The minimum absolute atomic E-state index is 0.0675. The fourth-order valence-corrected chi connectivity index (χ4v) is 2.57. The molecular formula is C19H31NO2. The molecule has 22 heavy (non-hydrogen) atoms. The van der Waals surface area contributed by atoms with Gasteiger partial charge in [0.05, 0.1) is 0 Å². The molecule has 0 aromatic heterocycles. The molecule has 0 aliphatic rings. The molecule has 0 aliphatic heterocycles. The largest absolute Gasteiger partial charge is 0.295 e. The average molecular weight is 305 g/mol. The van der Waals surface area contributed by atoms with Crippen LogP contribution in [0, 0.1) is 11.3 Å². The van der Waals surface area contributed by atoms with Crippen molar-refractivity contribution in [3.8, 4) is 0 Å². The lowest BCUT2D eigenvalue weighted by atomic mass is 9.76. The van der Waals surface area contributed by atoms with Crippen LogP contribution < -0.4 is 5.32 Å². The van der Waals surface area contributed by atoms with Crippen LogP contribution in [0.1, 0.15) is 60.8 Å². The third kappa shape index (κ3) is 7.96. The summed E-state index contributed by atoms with van der Waals surface area (Å²) in [6, 6.07) is 0. The van der Waals surface area contributed by atoms with Gasteiger partial charge in [0.2, 0.25) is 6.41 Å². The summed E-state index contributed by atoms with van der Waals surface area (Å²) in [6.45, 7) is 16.8. The van der Waals surface area contributed by atoms with E-state index in [9.17, 15) is 9.59 Å². The van der Waals surface area contributed by atoms with Gasteiger partial charge in [-0.05, 0) is 49.7 Å². The number of hydrogen-bond donors (Lipinski definition) is 1. The van der Waals surface area contributed by atoms with Crippen LogP contribution in [-0.4, -0.2) is 12.3 Å². The zero-order chi connectivity index (χ0) is 17.3. The molecular weight excluding hydrogens is 274 g/mol. The predicted molar refractivity (Wildman–Crippen MR) is 93.3 cm³/mol. The molecule has 0 aliphatic carbocycles. The molecule has 0 radical (unpaired) electrons. The molecule has 124 valence electrons. The Hall–Kier alpha value is -1.64. The topological polar surface area (TPSA) is 46.2 Å². The third-order valence-corrected chi connectivity index (χ3v) is 3.69. The predicted octanol–water partition coefficient (Wildman–Crippen LogP) is 4.56. The summed E-state index contributed by atoms with van der Waals surface area (Å²) in [5.41, 5.74) is 2.40. The van der Waals surface area contributed by atoms with Gasteiger partial charge in [-0.1, -0.05) is 52.3 Å². The summed E-state index contributed by atoms with van der Waals surface area (Å²) < 4.78 is 0. The quantitative estimate of drug-likeness (QED) is 0.385. The van der Waals surface area contributed by atoms with E-state index in [4.69, 9.17) is 0 Å². The molecule has 0 bridgehead atoms. The van der Waals surface area contributed by atoms with Crippen molar-refractivity contribution < 1.29 is 9.59 Å². The lowest BCUT2D eigenvalue weighted by molar-refractivity contribution is -0.122. The van der Waals surface area contributed by atoms with Crippen LogP contribution in [0.5, 0.6) is 0 Å². The van der Waals surface area contributed by atoms with Gasteiger partial charge in [0.1, 0.15) is 0 Å². The van der Waals surface area contributed by atoms with Crippen molar-refractivity contribution in [2.24, 2.45) is 11.3 Å². The number of nitrogens with one attached hydrogen (secondary N) is 1. The Bertz CT molecular complexity index is 466. The normalized spacial score (nSPS) is 13.3. The van der Waals surface area contributed by atoms with Gasteiger partial charge in [-0.3, -0.25) is 14.9 Å². The summed E-state index contributed by atoms with van der Waals surface area (Å²) in [4.78, 5) is 22.6. The number of hydrogen-bond acceptors (Lipinski definition) is 2. The van der Waals surface area contributed by atoms with Gasteiger partial charge >= 0.3 is 0 Å². The molecule has 0 spiro atoms. The Labute approximate surface area is 135 Å². The maximum atomic E-state index is 12.1. The van der Waals surface area contributed by atoms with Crippen LogP contribution in [0.25, 0.3) is 0 Å². The molecule has 2 amide bonds. The molecule has 0 rings (SSSR count). The van der Waals surface area contributed by atoms with Crippen molar-refractivity contribution in [2.75, 3.05) is 0 Å². The SMILES string of the molecule is C=C(CC(C)(C)C[C@H](C)CC)/C(=C\C=C(C)C)C(=O)NC=O.